The number of carbonyl (C=O) groups is 2. The van der Waals surface area contributed by atoms with E-state index in [2.05, 4.69) is 5.32 Å². The van der Waals surface area contributed by atoms with Crippen LogP contribution in [0, 0.1) is 0 Å². The quantitative estimate of drug-likeness (QED) is 0.369. The molecule has 0 bridgehead atoms. The summed E-state index contributed by atoms with van der Waals surface area (Å²) < 4.78 is 31.8. The summed E-state index contributed by atoms with van der Waals surface area (Å²) in [6.45, 7) is 4.14. The maximum Gasteiger partial charge on any atom is 0.244 e. The molecule has 8 nitrogen and oxygen atoms in total. The predicted molar refractivity (Wildman–Crippen MR) is 144 cm³/mol. The summed E-state index contributed by atoms with van der Waals surface area (Å²) in [6, 6.07) is 13.5. The Morgan fingerprint density at radius 2 is 1.81 bits per heavy atom. The van der Waals surface area contributed by atoms with Crippen LogP contribution in [-0.4, -0.2) is 64.2 Å². The number of nitrogens with zero attached hydrogens (tertiary/aromatic N) is 2. The smallest absolute Gasteiger partial charge is 0.244 e. The van der Waals surface area contributed by atoms with Crippen molar-refractivity contribution in [2.24, 2.45) is 0 Å². The molecule has 0 aliphatic carbocycles. The van der Waals surface area contributed by atoms with Gasteiger partial charge in [0.05, 0.1) is 19.1 Å². The molecule has 1 atom stereocenters. The van der Waals surface area contributed by atoms with Crippen LogP contribution in [-0.2, 0) is 26.0 Å². The molecular weight excluding hydrogens is 502 g/mol. The fourth-order valence-corrected chi connectivity index (χ4v) is 4.87. The number of amides is 2. The molecule has 0 radical (unpaired) electrons. The Labute approximate surface area is 219 Å². The van der Waals surface area contributed by atoms with Crippen molar-refractivity contribution in [3.05, 3.63) is 59.1 Å². The van der Waals surface area contributed by atoms with Gasteiger partial charge in [0, 0.05) is 18.1 Å². The topological polar surface area (TPSA) is 96.0 Å². The van der Waals surface area contributed by atoms with Crippen molar-refractivity contribution < 1.29 is 22.7 Å². The Kier molecular flexibility index (Phi) is 11.5. The van der Waals surface area contributed by atoms with Gasteiger partial charge in [0.2, 0.25) is 21.8 Å². The Morgan fingerprint density at radius 3 is 2.39 bits per heavy atom. The van der Waals surface area contributed by atoms with Gasteiger partial charge < -0.3 is 15.0 Å². The second-order valence-electron chi connectivity index (χ2n) is 8.48. The van der Waals surface area contributed by atoms with Crippen LogP contribution in [0.5, 0.6) is 5.75 Å². The molecule has 0 aliphatic heterocycles. The highest BCUT2D eigenvalue weighted by molar-refractivity contribution is 7.92. The minimum Gasteiger partial charge on any atom is -0.495 e. The Balaban J connectivity index is 2.40. The fraction of sp³-hybridized carbons (Fsp3) is 0.462. The second-order valence-corrected chi connectivity index (χ2v) is 10.8. The maximum absolute atomic E-state index is 13.7. The Morgan fingerprint density at radius 1 is 1.11 bits per heavy atom. The molecule has 1 N–H and O–H groups in total. The first-order valence-corrected chi connectivity index (χ1v) is 14.3. The van der Waals surface area contributed by atoms with Crippen molar-refractivity contribution in [2.45, 2.75) is 45.6 Å². The number of ether oxygens (including phenoxy) is 1. The van der Waals surface area contributed by atoms with Gasteiger partial charge >= 0.3 is 0 Å². The summed E-state index contributed by atoms with van der Waals surface area (Å²) >= 11 is 6.13. The van der Waals surface area contributed by atoms with Crippen LogP contribution < -0.4 is 14.4 Å². The molecule has 0 spiro atoms. The molecule has 36 heavy (non-hydrogen) atoms. The summed E-state index contributed by atoms with van der Waals surface area (Å²) in [5.41, 5.74) is 1.16. The van der Waals surface area contributed by atoms with Gasteiger partial charge in [-0.1, -0.05) is 62.2 Å². The lowest BCUT2D eigenvalue weighted by Crippen LogP contribution is -2.53. The molecule has 198 valence electrons. The highest BCUT2D eigenvalue weighted by Crippen LogP contribution is 2.33. The zero-order chi connectivity index (χ0) is 26.7. The number of nitrogens with one attached hydrogen (secondary N) is 1. The molecule has 2 amide bonds. The monoisotopic (exact) mass is 537 g/mol. The number of halogens is 1. The van der Waals surface area contributed by atoms with Crippen LogP contribution in [0.3, 0.4) is 0 Å². The first kappa shape index (κ1) is 29.5. The van der Waals surface area contributed by atoms with Crippen LogP contribution in [0.15, 0.2) is 48.5 Å². The van der Waals surface area contributed by atoms with Crippen LogP contribution in [0.4, 0.5) is 5.69 Å². The molecule has 0 aromatic heterocycles. The van der Waals surface area contributed by atoms with Crippen molar-refractivity contribution in [3.8, 4) is 5.75 Å². The van der Waals surface area contributed by atoms with Gasteiger partial charge in [0.25, 0.3) is 0 Å². The molecule has 0 saturated heterocycles. The fourth-order valence-electron chi connectivity index (χ4n) is 3.85. The number of unbranched alkanes of at least 4 members (excludes halogenated alkanes) is 1. The van der Waals surface area contributed by atoms with E-state index in [1.807, 2.05) is 44.2 Å². The number of methoxy groups -OCH3 is 1. The highest BCUT2D eigenvalue weighted by Gasteiger charge is 2.32. The zero-order valence-electron chi connectivity index (χ0n) is 21.4. The molecule has 10 heteroatoms. The van der Waals surface area contributed by atoms with Gasteiger partial charge in [-0.15, -0.1) is 0 Å². The zero-order valence-corrected chi connectivity index (χ0v) is 22.9. The van der Waals surface area contributed by atoms with Crippen LogP contribution in [0.1, 0.15) is 38.7 Å². The molecule has 2 aromatic carbocycles. The number of rotatable bonds is 14. The van der Waals surface area contributed by atoms with Crippen molar-refractivity contribution in [1.29, 1.82) is 0 Å². The Hall–Kier alpha value is -2.78. The van der Waals surface area contributed by atoms with Crippen LogP contribution in [0.25, 0.3) is 0 Å². The van der Waals surface area contributed by atoms with Gasteiger partial charge in [-0.2, -0.15) is 0 Å². The number of hydrogen-bond acceptors (Lipinski definition) is 5. The van der Waals surface area contributed by atoms with E-state index >= 15 is 0 Å². The van der Waals surface area contributed by atoms with Crippen LogP contribution in [0.2, 0.25) is 5.02 Å². The molecular formula is C26H36ClN3O5S. The molecule has 0 fully saturated rings. The number of anilines is 1. The predicted octanol–water partition coefficient (Wildman–Crippen LogP) is 3.88. The van der Waals surface area contributed by atoms with E-state index in [0.717, 1.165) is 29.0 Å². The average Bonchev–Trinajstić information content (AvgIpc) is 2.84. The van der Waals surface area contributed by atoms with Gasteiger partial charge in [-0.25, -0.2) is 8.42 Å². The van der Waals surface area contributed by atoms with E-state index in [4.69, 9.17) is 16.3 Å². The average molecular weight is 538 g/mol. The molecule has 2 aromatic rings. The van der Waals surface area contributed by atoms with Crippen molar-refractivity contribution in [3.63, 3.8) is 0 Å². The molecule has 2 rings (SSSR count). The lowest BCUT2D eigenvalue weighted by molar-refractivity contribution is -0.139. The number of benzene rings is 2. The van der Waals surface area contributed by atoms with Gasteiger partial charge in [0.1, 0.15) is 18.3 Å². The van der Waals surface area contributed by atoms with Crippen molar-refractivity contribution >= 4 is 39.1 Å². The summed E-state index contributed by atoms with van der Waals surface area (Å²) in [7, 11) is -2.47. The lowest BCUT2D eigenvalue weighted by Gasteiger charge is -2.33. The van der Waals surface area contributed by atoms with E-state index in [0.29, 0.717) is 24.4 Å². The first-order chi connectivity index (χ1) is 17.1. The van der Waals surface area contributed by atoms with E-state index in [9.17, 15) is 18.0 Å². The molecule has 0 aliphatic rings. The summed E-state index contributed by atoms with van der Waals surface area (Å²) in [4.78, 5) is 28.2. The third kappa shape index (κ3) is 8.41. The standard InChI is InChI=1S/C26H36ClN3O5S/c1-5-7-16-28-26(32)22(6-2)29(17-15-20-11-9-8-10-12-20)25(31)19-30(36(4,33)34)23-18-21(27)13-14-24(23)35-3/h8-14,18,22H,5-7,15-17,19H2,1-4H3,(H,28,32)/t22-/m1/s1. The van der Waals surface area contributed by atoms with Gasteiger partial charge in [0.15, 0.2) is 0 Å². The lowest BCUT2D eigenvalue weighted by atomic mass is 10.1. The number of carbonyl (C=O) groups excluding carboxylic acids is 2. The highest BCUT2D eigenvalue weighted by atomic mass is 35.5. The SMILES string of the molecule is CCCCNC(=O)[C@@H](CC)N(CCc1ccccc1)C(=O)CN(c1cc(Cl)ccc1OC)S(C)(=O)=O. The van der Waals surface area contributed by atoms with Crippen molar-refractivity contribution in [1.82, 2.24) is 10.2 Å². The van der Waals surface area contributed by atoms with Gasteiger partial charge in [-0.05, 0) is 43.0 Å². The normalized spacial score (nSPS) is 12.0. The minimum absolute atomic E-state index is 0.157. The third-order valence-electron chi connectivity index (χ3n) is 5.79. The van der Waals surface area contributed by atoms with Gasteiger partial charge in [-0.3, -0.25) is 13.9 Å². The number of sulfonamides is 1. The summed E-state index contributed by atoms with van der Waals surface area (Å²) in [5, 5.41) is 3.21. The van der Waals surface area contributed by atoms with E-state index in [1.165, 1.54) is 18.1 Å². The summed E-state index contributed by atoms with van der Waals surface area (Å²) in [5.74, 6) is -0.479. The molecule has 0 saturated carbocycles. The maximum atomic E-state index is 13.7. The molecule has 0 unspecified atom stereocenters. The molecule has 0 heterocycles. The Bertz CT molecular complexity index is 1110. The van der Waals surface area contributed by atoms with Crippen LogP contribution >= 0.6 is 11.6 Å². The largest absolute Gasteiger partial charge is 0.495 e. The first-order valence-electron chi connectivity index (χ1n) is 12.0. The minimum atomic E-state index is -3.89. The van der Waals surface area contributed by atoms with E-state index in [1.54, 1.807) is 12.1 Å². The van der Waals surface area contributed by atoms with Crippen molar-refractivity contribution in [2.75, 3.05) is 37.3 Å². The van der Waals surface area contributed by atoms with E-state index < -0.39 is 28.5 Å². The second kappa shape index (κ2) is 14.1. The summed E-state index contributed by atoms with van der Waals surface area (Å²) in [6.07, 6.45) is 3.68. The van der Waals surface area contributed by atoms with E-state index in [-0.39, 0.29) is 23.9 Å². The third-order valence-corrected chi connectivity index (χ3v) is 7.15. The number of hydrogen-bond donors (Lipinski definition) is 1.